The third-order valence-electron chi connectivity index (χ3n) is 3.25. The zero-order chi connectivity index (χ0) is 16.3. The number of carboxylic acids is 1. The van der Waals surface area contributed by atoms with E-state index in [1.165, 1.54) is 16.8 Å². The number of aromatic carboxylic acids is 1. The Hall–Kier alpha value is -3.02. The number of rotatable bonds is 5. The van der Waals surface area contributed by atoms with Crippen molar-refractivity contribution in [2.75, 3.05) is 0 Å². The van der Waals surface area contributed by atoms with Crippen LogP contribution in [0.25, 0.3) is 10.9 Å². The van der Waals surface area contributed by atoms with Gasteiger partial charge in [0.1, 0.15) is 0 Å². The Morgan fingerprint density at radius 2 is 2.27 bits per heavy atom. The topological polar surface area (TPSA) is 84.6 Å². The summed E-state index contributed by atoms with van der Waals surface area (Å²) >= 11 is 0. The van der Waals surface area contributed by atoms with E-state index in [-0.39, 0.29) is 23.1 Å². The number of aryl methyl sites for hydroxylation is 1. The van der Waals surface area contributed by atoms with Gasteiger partial charge in [0.15, 0.2) is 0 Å². The van der Waals surface area contributed by atoms with Gasteiger partial charge >= 0.3 is 5.97 Å². The quantitative estimate of drug-likeness (QED) is 0.677. The number of pyridine rings is 2. The minimum atomic E-state index is -1.11. The lowest BCUT2D eigenvalue weighted by Crippen LogP contribution is -2.21. The molecule has 0 spiro atoms. The average molecular weight is 297 g/mol. The fourth-order valence-electron chi connectivity index (χ4n) is 2.12. The van der Waals surface area contributed by atoms with E-state index in [4.69, 9.17) is 5.11 Å². The van der Waals surface area contributed by atoms with E-state index in [9.17, 15) is 9.59 Å². The van der Waals surface area contributed by atoms with E-state index in [2.05, 4.69) is 23.3 Å². The summed E-state index contributed by atoms with van der Waals surface area (Å²) in [6, 6.07) is 3.04. The summed E-state index contributed by atoms with van der Waals surface area (Å²) in [5.41, 5.74) is 1.27. The van der Waals surface area contributed by atoms with Crippen molar-refractivity contribution in [1.29, 1.82) is 0 Å². The lowest BCUT2D eigenvalue weighted by molar-refractivity contribution is 0.0696. The molecule has 6 heteroatoms. The molecule has 2 aromatic rings. The van der Waals surface area contributed by atoms with Crippen molar-refractivity contribution < 1.29 is 9.90 Å². The highest BCUT2D eigenvalue weighted by Crippen LogP contribution is 2.14. The van der Waals surface area contributed by atoms with E-state index in [1.54, 1.807) is 25.3 Å². The van der Waals surface area contributed by atoms with Crippen LogP contribution in [-0.2, 0) is 6.54 Å². The molecule has 2 rings (SSSR count). The summed E-state index contributed by atoms with van der Waals surface area (Å²) < 4.78 is 1.45. The van der Waals surface area contributed by atoms with Crippen molar-refractivity contribution in [3.05, 3.63) is 64.4 Å². The first-order valence-corrected chi connectivity index (χ1v) is 6.49. The van der Waals surface area contributed by atoms with Gasteiger partial charge in [-0.2, -0.15) is 0 Å². The molecule has 2 aromatic heterocycles. The Kier molecular flexibility index (Phi) is 4.31. The van der Waals surface area contributed by atoms with Crippen molar-refractivity contribution in [2.45, 2.75) is 13.5 Å². The molecule has 0 saturated carbocycles. The Morgan fingerprint density at radius 1 is 1.55 bits per heavy atom. The third-order valence-corrected chi connectivity index (χ3v) is 3.25. The van der Waals surface area contributed by atoms with Crippen LogP contribution in [0.1, 0.15) is 16.1 Å². The molecule has 0 atom stereocenters. The van der Waals surface area contributed by atoms with Gasteiger partial charge in [0.25, 0.3) is 5.56 Å². The summed E-state index contributed by atoms with van der Waals surface area (Å²) in [5, 5.41) is 9.41. The summed E-state index contributed by atoms with van der Waals surface area (Å²) in [6.45, 7) is 8.89. The largest absolute Gasteiger partial charge is 0.478 e. The Labute approximate surface area is 126 Å². The third kappa shape index (κ3) is 2.85. The van der Waals surface area contributed by atoms with Crippen molar-refractivity contribution in [2.24, 2.45) is 4.99 Å². The molecule has 0 aromatic carbocycles. The van der Waals surface area contributed by atoms with Crippen LogP contribution >= 0.6 is 0 Å². The van der Waals surface area contributed by atoms with Gasteiger partial charge < -0.3 is 9.67 Å². The fourth-order valence-corrected chi connectivity index (χ4v) is 2.12. The minimum Gasteiger partial charge on any atom is -0.478 e. The molecular weight excluding hydrogens is 282 g/mol. The lowest BCUT2D eigenvalue weighted by atomic mass is 10.1. The second-order valence-corrected chi connectivity index (χ2v) is 4.70. The number of nitrogens with zero attached hydrogens (tertiary/aromatic N) is 3. The molecule has 0 aliphatic heterocycles. The summed E-state index contributed by atoms with van der Waals surface area (Å²) in [7, 11) is 0. The summed E-state index contributed by atoms with van der Waals surface area (Å²) in [6.07, 6.45) is 4.71. The molecule has 0 aliphatic rings. The van der Waals surface area contributed by atoms with E-state index in [0.29, 0.717) is 11.2 Å². The Morgan fingerprint density at radius 3 is 2.86 bits per heavy atom. The first-order valence-electron chi connectivity index (χ1n) is 6.49. The highest BCUT2D eigenvalue weighted by Gasteiger charge is 2.13. The molecule has 2 heterocycles. The number of carbonyl (C=O) groups is 1. The van der Waals surface area contributed by atoms with Crippen LogP contribution in [0.15, 0.2) is 52.5 Å². The zero-order valence-electron chi connectivity index (χ0n) is 12.1. The van der Waals surface area contributed by atoms with Gasteiger partial charge in [-0.25, -0.2) is 4.79 Å². The van der Waals surface area contributed by atoms with Crippen molar-refractivity contribution in [3.63, 3.8) is 0 Å². The molecule has 0 saturated heterocycles. The van der Waals surface area contributed by atoms with Gasteiger partial charge in [0.05, 0.1) is 28.7 Å². The molecule has 112 valence electrons. The number of hydrogen-bond donors (Lipinski definition) is 1. The first-order chi connectivity index (χ1) is 10.5. The van der Waals surface area contributed by atoms with Crippen LogP contribution in [0, 0.1) is 6.92 Å². The van der Waals surface area contributed by atoms with Gasteiger partial charge in [-0.1, -0.05) is 12.7 Å². The summed E-state index contributed by atoms with van der Waals surface area (Å²) in [4.78, 5) is 31.5. The molecule has 0 unspecified atom stereocenters. The first kappa shape index (κ1) is 15.4. The maximum atomic E-state index is 12.5. The van der Waals surface area contributed by atoms with Crippen molar-refractivity contribution in [1.82, 2.24) is 9.55 Å². The molecule has 1 N–H and O–H groups in total. The van der Waals surface area contributed by atoms with Crippen LogP contribution in [0.2, 0.25) is 0 Å². The van der Waals surface area contributed by atoms with Gasteiger partial charge in [-0.05, 0) is 31.3 Å². The maximum Gasteiger partial charge on any atom is 0.337 e. The Balaban J connectivity index is 2.63. The van der Waals surface area contributed by atoms with E-state index in [1.807, 2.05) is 0 Å². The van der Waals surface area contributed by atoms with E-state index < -0.39 is 5.97 Å². The van der Waals surface area contributed by atoms with E-state index in [0.717, 1.165) is 5.57 Å². The number of aromatic nitrogens is 2. The zero-order valence-corrected chi connectivity index (χ0v) is 12.1. The second-order valence-electron chi connectivity index (χ2n) is 4.70. The second kappa shape index (κ2) is 6.17. The highest BCUT2D eigenvalue weighted by atomic mass is 16.4. The number of allylic oxidation sites excluding steroid dienone is 2. The minimum absolute atomic E-state index is 0.0228. The van der Waals surface area contributed by atoms with Crippen LogP contribution < -0.4 is 5.56 Å². The van der Waals surface area contributed by atoms with Gasteiger partial charge in [0.2, 0.25) is 0 Å². The fraction of sp³-hybridized carbons (Fsp3) is 0.125. The molecule has 6 nitrogen and oxygen atoms in total. The predicted octanol–water partition coefficient (Wildman–Crippen LogP) is 2.17. The normalized spacial score (nSPS) is 11.4. The molecule has 0 amide bonds. The van der Waals surface area contributed by atoms with Crippen LogP contribution in [-0.4, -0.2) is 27.3 Å². The number of aliphatic imine (C=N–C) groups is 1. The summed E-state index contributed by atoms with van der Waals surface area (Å²) in [5.74, 6) is -1.11. The van der Waals surface area contributed by atoms with Crippen LogP contribution in [0.3, 0.4) is 0 Å². The van der Waals surface area contributed by atoms with Crippen molar-refractivity contribution >= 4 is 23.6 Å². The molecule has 0 fully saturated rings. The van der Waals surface area contributed by atoms with Gasteiger partial charge in [-0.15, -0.1) is 0 Å². The molecule has 0 bridgehead atoms. The number of carboxylic acid groups (broad SMARTS) is 1. The Bertz CT molecular complexity index is 863. The molecule has 0 radical (unpaired) electrons. The van der Waals surface area contributed by atoms with Gasteiger partial charge in [-0.3, -0.25) is 14.8 Å². The monoisotopic (exact) mass is 297 g/mol. The number of hydrogen-bond acceptors (Lipinski definition) is 4. The van der Waals surface area contributed by atoms with Crippen molar-refractivity contribution in [3.8, 4) is 0 Å². The SMILES string of the molecule is C=C/C(=C\N=C)Cn1ccc2nc(C)c(C(=O)O)cc2c1=O. The standard InChI is InChI=1S/C16H15N3O3/c1-4-11(8-17-3)9-19-6-5-14-13(15(19)20)7-12(16(21)22)10(2)18-14/h4-8H,1,3,9H2,2H3,(H,21,22)/b11-8+. The predicted molar refractivity (Wildman–Crippen MR) is 85.5 cm³/mol. The lowest BCUT2D eigenvalue weighted by Gasteiger charge is -2.09. The highest BCUT2D eigenvalue weighted by molar-refractivity contribution is 5.93. The smallest absolute Gasteiger partial charge is 0.337 e. The maximum absolute atomic E-state index is 12.5. The van der Waals surface area contributed by atoms with Crippen LogP contribution in [0.5, 0.6) is 0 Å². The molecular formula is C16H15N3O3. The van der Waals surface area contributed by atoms with E-state index >= 15 is 0 Å². The van der Waals surface area contributed by atoms with Crippen LogP contribution in [0.4, 0.5) is 0 Å². The molecule has 22 heavy (non-hydrogen) atoms. The average Bonchev–Trinajstić information content (AvgIpc) is 2.48. The molecule has 0 aliphatic carbocycles. The number of fused-ring (bicyclic) bond motifs is 1. The van der Waals surface area contributed by atoms with Gasteiger partial charge in [0, 0.05) is 12.4 Å².